The zero-order chi connectivity index (χ0) is 9.19. The molecule has 1 aliphatic rings. The van der Waals surface area contributed by atoms with Gasteiger partial charge in [-0.05, 0) is 27.2 Å². The van der Waals surface area contributed by atoms with Gasteiger partial charge in [-0.3, -0.25) is 4.79 Å². The fourth-order valence-corrected chi connectivity index (χ4v) is 0.937. The van der Waals surface area contributed by atoms with Crippen LogP contribution in [0, 0.1) is 5.41 Å². The topological polar surface area (TPSA) is 35.5 Å². The van der Waals surface area contributed by atoms with E-state index in [4.69, 9.17) is 9.47 Å². The third-order valence-corrected chi connectivity index (χ3v) is 1.74. The van der Waals surface area contributed by atoms with Crippen LogP contribution < -0.4 is 0 Å². The lowest BCUT2D eigenvalue weighted by molar-refractivity contribution is -0.179. The third-order valence-electron chi connectivity index (χ3n) is 1.74. The summed E-state index contributed by atoms with van der Waals surface area (Å²) < 4.78 is 10.3. The molecule has 3 heteroatoms. The molecule has 1 rings (SSSR count). The van der Waals surface area contributed by atoms with E-state index in [1.807, 2.05) is 20.8 Å². The van der Waals surface area contributed by atoms with Crippen molar-refractivity contribution in [3.63, 3.8) is 0 Å². The lowest BCUT2D eigenvalue weighted by Crippen LogP contribution is -2.27. The second kappa shape index (κ2) is 3.44. The molecule has 1 saturated heterocycles. The van der Waals surface area contributed by atoms with Crippen LogP contribution in [-0.2, 0) is 14.3 Å². The highest BCUT2D eigenvalue weighted by atomic mass is 16.7. The minimum Gasteiger partial charge on any atom is -0.435 e. The van der Waals surface area contributed by atoms with Crippen molar-refractivity contribution in [3.05, 3.63) is 0 Å². The number of carbonyl (C=O) groups is 1. The quantitative estimate of drug-likeness (QED) is 0.565. The van der Waals surface area contributed by atoms with Gasteiger partial charge in [0.1, 0.15) is 0 Å². The molecule has 1 unspecified atom stereocenters. The smallest absolute Gasteiger partial charge is 0.313 e. The zero-order valence-corrected chi connectivity index (χ0v) is 7.92. The third kappa shape index (κ3) is 2.48. The number of ether oxygens (including phenoxy) is 2. The average Bonchev–Trinajstić information content (AvgIpc) is 2.37. The molecule has 1 aliphatic heterocycles. The second-order valence-corrected chi connectivity index (χ2v) is 4.10. The van der Waals surface area contributed by atoms with Crippen LogP contribution in [0.5, 0.6) is 0 Å². The van der Waals surface area contributed by atoms with Crippen LogP contribution in [-0.4, -0.2) is 18.9 Å². The van der Waals surface area contributed by atoms with E-state index in [1.165, 1.54) is 0 Å². The van der Waals surface area contributed by atoms with Gasteiger partial charge in [0.05, 0.1) is 12.0 Å². The van der Waals surface area contributed by atoms with E-state index in [0.717, 1.165) is 12.8 Å². The van der Waals surface area contributed by atoms with Crippen molar-refractivity contribution in [2.75, 3.05) is 6.61 Å². The molecule has 1 fully saturated rings. The number of rotatable bonds is 1. The Morgan fingerprint density at radius 3 is 2.58 bits per heavy atom. The molecule has 3 nitrogen and oxygen atoms in total. The van der Waals surface area contributed by atoms with E-state index in [-0.39, 0.29) is 12.3 Å². The van der Waals surface area contributed by atoms with Gasteiger partial charge in [0.2, 0.25) is 6.29 Å². The van der Waals surface area contributed by atoms with Crippen molar-refractivity contribution in [1.29, 1.82) is 0 Å². The first-order chi connectivity index (χ1) is 5.50. The highest BCUT2D eigenvalue weighted by Gasteiger charge is 2.28. The van der Waals surface area contributed by atoms with Gasteiger partial charge in [-0.2, -0.15) is 0 Å². The van der Waals surface area contributed by atoms with Gasteiger partial charge >= 0.3 is 5.97 Å². The van der Waals surface area contributed by atoms with Gasteiger partial charge < -0.3 is 9.47 Å². The van der Waals surface area contributed by atoms with E-state index in [2.05, 4.69) is 0 Å². The maximum Gasteiger partial charge on any atom is 0.313 e. The van der Waals surface area contributed by atoms with Gasteiger partial charge in [0.25, 0.3) is 0 Å². The fourth-order valence-electron chi connectivity index (χ4n) is 0.937. The molecule has 0 aromatic heterocycles. The first-order valence-electron chi connectivity index (χ1n) is 4.33. The second-order valence-electron chi connectivity index (χ2n) is 4.10. The Bertz CT molecular complexity index is 163. The Morgan fingerprint density at radius 2 is 2.17 bits per heavy atom. The van der Waals surface area contributed by atoms with Crippen LogP contribution in [0.15, 0.2) is 0 Å². The van der Waals surface area contributed by atoms with E-state index in [0.29, 0.717) is 6.61 Å². The molecule has 12 heavy (non-hydrogen) atoms. The molecule has 0 spiro atoms. The Hall–Kier alpha value is -0.570. The van der Waals surface area contributed by atoms with Crippen LogP contribution in [0.4, 0.5) is 0 Å². The molecule has 0 bridgehead atoms. The van der Waals surface area contributed by atoms with E-state index in [1.54, 1.807) is 0 Å². The van der Waals surface area contributed by atoms with Gasteiger partial charge in [-0.1, -0.05) is 0 Å². The maximum absolute atomic E-state index is 11.3. The van der Waals surface area contributed by atoms with E-state index >= 15 is 0 Å². The summed E-state index contributed by atoms with van der Waals surface area (Å²) in [7, 11) is 0. The molecule has 0 radical (unpaired) electrons. The molecular weight excluding hydrogens is 156 g/mol. The van der Waals surface area contributed by atoms with Crippen molar-refractivity contribution in [2.45, 2.75) is 39.9 Å². The lowest BCUT2D eigenvalue weighted by atomic mass is 9.97. The first-order valence-corrected chi connectivity index (χ1v) is 4.33. The lowest BCUT2D eigenvalue weighted by Gasteiger charge is -2.19. The molecule has 0 aliphatic carbocycles. The number of hydrogen-bond acceptors (Lipinski definition) is 3. The van der Waals surface area contributed by atoms with Gasteiger partial charge in [0.15, 0.2) is 0 Å². The van der Waals surface area contributed by atoms with Crippen molar-refractivity contribution in [1.82, 2.24) is 0 Å². The highest BCUT2D eigenvalue weighted by Crippen LogP contribution is 2.20. The molecule has 0 aromatic carbocycles. The van der Waals surface area contributed by atoms with Gasteiger partial charge in [0, 0.05) is 6.42 Å². The minimum absolute atomic E-state index is 0.186. The number of hydrogen-bond donors (Lipinski definition) is 0. The van der Waals surface area contributed by atoms with Crippen LogP contribution in [0.25, 0.3) is 0 Å². The Labute approximate surface area is 73.0 Å². The predicted octanol–water partition coefficient (Wildman–Crippen LogP) is 1.71. The summed E-state index contributed by atoms with van der Waals surface area (Å²) in [5, 5.41) is 0. The molecule has 0 N–H and O–H groups in total. The summed E-state index contributed by atoms with van der Waals surface area (Å²) in [4.78, 5) is 11.3. The van der Waals surface area contributed by atoms with E-state index in [9.17, 15) is 4.79 Å². The van der Waals surface area contributed by atoms with E-state index < -0.39 is 5.41 Å². The number of esters is 1. The van der Waals surface area contributed by atoms with Crippen molar-refractivity contribution in [2.24, 2.45) is 5.41 Å². The highest BCUT2D eigenvalue weighted by molar-refractivity contribution is 5.75. The van der Waals surface area contributed by atoms with Crippen molar-refractivity contribution >= 4 is 5.97 Å². The maximum atomic E-state index is 11.3. The van der Waals surface area contributed by atoms with Crippen LogP contribution >= 0.6 is 0 Å². The molecule has 70 valence electrons. The monoisotopic (exact) mass is 172 g/mol. The Kier molecular flexibility index (Phi) is 2.73. The average molecular weight is 172 g/mol. The van der Waals surface area contributed by atoms with Crippen LogP contribution in [0.3, 0.4) is 0 Å². The minimum atomic E-state index is -0.425. The molecule has 0 aromatic rings. The first kappa shape index (κ1) is 9.52. The largest absolute Gasteiger partial charge is 0.435 e. The fraction of sp³-hybridized carbons (Fsp3) is 0.889. The molecule has 1 heterocycles. The summed E-state index contributed by atoms with van der Waals surface area (Å²) >= 11 is 0. The van der Waals surface area contributed by atoms with Crippen LogP contribution in [0.2, 0.25) is 0 Å². The summed E-state index contributed by atoms with van der Waals surface area (Å²) in [6.07, 6.45) is 1.53. The summed E-state index contributed by atoms with van der Waals surface area (Å²) in [5.41, 5.74) is -0.425. The SMILES string of the molecule is CC(C)(C)C(=O)OC1CCCO1. The number of carbonyl (C=O) groups excluding carboxylic acids is 1. The van der Waals surface area contributed by atoms with Crippen LogP contribution in [0.1, 0.15) is 33.6 Å². The Morgan fingerprint density at radius 1 is 1.50 bits per heavy atom. The summed E-state index contributed by atoms with van der Waals surface area (Å²) in [6.45, 7) is 6.22. The molecule has 0 amide bonds. The summed E-state index contributed by atoms with van der Waals surface area (Å²) in [5.74, 6) is -0.186. The molecule has 1 atom stereocenters. The van der Waals surface area contributed by atoms with Crippen molar-refractivity contribution in [3.8, 4) is 0 Å². The van der Waals surface area contributed by atoms with Gasteiger partial charge in [-0.25, -0.2) is 0 Å². The normalized spacial score (nSPS) is 24.1. The van der Waals surface area contributed by atoms with Gasteiger partial charge in [-0.15, -0.1) is 0 Å². The standard InChI is InChI=1S/C9H16O3/c1-9(2,3)8(10)12-7-5-4-6-11-7/h7H,4-6H2,1-3H3. The molecular formula is C9H16O3. The van der Waals surface area contributed by atoms with Crippen molar-refractivity contribution < 1.29 is 14.3 Å². The predicted molar refractivity (Wildman–Crippen MR) is 44.5 cm³/mol. The zero-order valence-electron chi connectivity index (χ0n) is 7.92. The summed E-state index contributed by atoms with van der Waals surface area (Å²) in [6, 6.07) is 0. The Balaban J connectivity index is 2.35. The molecule has 0 saturated carbocycles.